The Morgan fingerprint density at radius 3 is 3.12 bits per heavy atom. The molecular weight excluding hydrogens is 260 g/mol. The lowest BCUT2D eigenvalue weighted by Crippen LogP contribution is -2.29. The van der Waals surface area contributed by atoms with Crippen molar-refractivity contribution in [3.05, 3.63) is 28.2 Å². The average molecular weight is 270 g/mol. The molecule has 5 N–H and O–H groups in total. The Morgan fingerprint density at radius 2 is 2.47 bits per heavy atom. The van der Waals surface area contributed by atoms with Crippen LogP contribution in [0.4, 0.5) is 0 Å². The van der Waals surface area contributed by atoms with E-state index >= 15 is 0 Å². The number of carbonyl (C=O) groups is 1. The van der Waals surface area contributed by atoms with Crippen LogP contribution in [-0.2, 0) is 5.75 Å². The molecule has 1 amide bonds. The number of nitrogens with one attached hydrogen (secondary N) is 1. The summed E-state index contributed by atoms with van der Waals surface area (Å²) in [5, 5.41) is 9.94. The van der Waals surface area contributed by atoms with Gasteiger partial charge >= 0.3 is 0 Å². The number of hydrogen-bond acceptors (Lipinski definition) is 7. The molecule has 0 aromatic carbocycles. The van der Waals surface area contributed by atoms with Crippen molar-refractivity contribution in [1.82, 2.24) is 20.3 Å². The van der Waals surface area contributed by atoms with Gasteiger partial charge in [-0.25, -0.2) is 10.5 Å². The number of hydrogen-bond donors (Lipinski definition) is 3. The average Bonchev–Trinajstić information content (AvgIpc) is 2.94. The minimum atomic E-state index is -0.287. The molecule has 0 bridgehead atoms. The predicted molar refractivity (Wildman–Crippen MR) is 65.7 cm³/mol. The largest absolute Gasteiger partial charge is 0.336 e. The molecule has 0 fully saturated rings. The highest BCUT2D eigenvalue weighted by Gasteiger charge is 2.13. The molecule has 7 nitrogen and oxygen atoms in total. The fraction of sp³-hybridized carbons (Fsp3) is 0.125. The fourth-order valence-corrected chi connectivity index (χ4v) is 2.94. The van der Waals surface area contributed by atoms with E-state index in [2.05, 4.69) is 15.6 Å². The van der Waals surface area contributed by atoms with Crippen LogP contribution in [0.1, 0.15) is 15.2 Å². The lowest BCUT2D eigenvalue weighted by molar-refractivity contribution is 0.0957. The quantitative estimate of drug-likeness (QED) is 0.311. The number of thiophene rings is 1. The van der Waals surface area contributed by atoms with Crippen LogP contribution >= 0.6 is 23.1 Å². The zero-order valence-electron chi connectivity index (χ0n) is 8.66. The molecule has 0 aliphatic rings. The zero-order valence-corrected chi connectivity index (χ0v) is 10.3. The lowest BCUT2D eigenvalue weighted by atomic mass is 10.3. The number of hydrazine groups is 1. The molecule has 0 aliphatic carbocycles. The van der Waals surface area contributed by atoms with Gasteiger partial charge in [-0.1, -0.05) is 11.8 Å². The van der Waals surface area contributed by atoms with Crippen molar-refractivity contribution in [2.24, 2.45) is 5.84 Å². The summed E-state index contributed by atoms with van der Waals surface area (Å²) in [5.74, 6) is 11.0. The number of nitrogens with zero attached hydrogens (tertiary/aromatic N) is 3. The van der Waals surface area contributed by atoms with Gasteiger partial charge in [0, 0.05) is 5.75 Å². The van der Waals surface area contributed by atoms with Gasteiger partial charge in [-0.3, -0.25) is 10.2 Å². The molecule has 0 unspecified atom stereocenters. The SMILES string of the molecule is NNC(=O)c1sccc1CSc1nncn1N. The molecule has 0 spiro atoms. The normalized spacial score (nSPS) is 10.4. The third-order valence-corrected chi connectivity index (χ3v) is 3.94. The van der Waals surface area contributed by atoms with Crippen molar-refractivity contribution in [2.45, 2.75) is 10.9 Å². The summed E-state index contributed by atoms with van der Waals surface area (Å²) in [5.41, 5.74) is 3.01. The van der Waals surface area contributed by atoms with E-state index in [-0.39, 0.29) is 5.91 Å². The standard InChI is InChI=1S/C8H10N6OS2/c9-12-7(15)6-5(1-2-16-6)3-17-8-13-11-4-14(8)10/h1-2,4H,3,9-10H2,(H,12,15). The van der Waals surface area contributed by atoms with E-state index in [1.807, 2.05) is 11.4 Å². The van der Waals surface area contributed by atoms with Gasteiger partial charge in [-0.2, -0.15) is 0 Å². The van der Waals surface area contributed by atoms with Crippen LogP contribution in [0.3, 0.4) is 0 Å². The van der Waals surface area contributed by atoms with Crippen LogP contribution in [0.2, 0.25) is 0 Å². The molecule has 2 aromatic rings. The van der Waals surface area contributed by atoms with Gasteiger partial charge in [0.25, 0.3) is 5.91 Å². The second kappa shape index (κ2) is 5.17. The van der Waals surface area contributed by atoms with Crippen LogP contribution in [-0.4, -0.2) is 20.8 Å². The van der Waals surface area contributed by atoms with Gasteiger partial charge in [0.1, 0.15) is 6.33 Å². The Morgan fingerprint density at radius 1 is 1.65 bits per heavy atom. The first-order valence-corrected chi connectivity index (χ1v) is 6.44. The Hall–Kier alpha value is -1.58. The van der Waals surface area contributed by atoms with E-state index in [0.29, 0.717) is 15.8 Å². The molecule has 2 rings (SSSR count). The molecule has 9 heteroatoms. The minimum Gasteiger partial charge on any atom is -0.336 e. The van der Waals surface area contributed by atoms with Crippen LogP contribution in [0.25, 0.3) is 0 Å². The molecular formula is C8H10N6OS2. The number of amides is 1. The molecule has 90 valence electrons. The highest BCUT2D eigenvalue weighted by molar-refractivity contribution is 7.98. The first kappa shape index (κ1) is 11.9. The summed E-state index contributed by atoms with van der Waals surface area (Å²) in [6, 6.07) is 1.87. The van der Waals surface area contributed by atoms with E-state index in [1.54, 1.807) is 0 Å². The van der Waals surface area contributed by atoms with Crippen molar-refractivity contribution in [3.63, 3.8) is 0 Å². The van der Waals surface area contributed by atoms with Crippen molar-refractivity contribution in [2.75, 3.05) is 5.84 Å². The van der Waals surface area contributed by atoms with Crippen molar-refractivity contribution < 1.29 is 4.79 Å². The molecule has 17 heavy (non-hydrogen) atoms. The summed E-state index contributed by atoms with van der Waals surface area (Å²) >= 11 is 2.75. The topological polar surface area (TPSA) is 112 Å². The van der Waals surface area contributed by atoms with Crippen LogP contribution < -0.4 is 17.1 Å². The van der Waals surface area contributed by atoms with Crippen molar-refractivity contribution in [3.8, 4) is 0 Å². The van der Waals surface area contributed by atoms with Crippen LogP contribution in [0, 0.1) is 0 Å². The van der Waals surface area contributed by atoms with Crippen LogP contribution in [0.15, 0.2) is 22.9 Å². The number of aromatic nitrogens is 3. The number of nitrogen functional groups attached to an aromatic ring is 2. The van der Waals surface area contributed by atoms with E-state index in [0.717, 1.165) is 5.56 Å². The molecule has 0 aliphatic heterocycles. The van der Waals surface area contributed by atoms with Crippen LogP contribution in [0.5, 0.6) is 0 Å². The van der Waals surface area contributed by atoms with Gasteiger partial charge in [-0.15, -0.1) is 21.5 Å². The monoisotopic (exact) mass is 270 g/mol. The molecule has 0 atom stereocenters. The van der Waals surface area contributed by atoms with Gasteiger partial charge < -0.3 is 5.84 Å². The van der Waals surface area contributed by atoms with Crippen molar-refractivity contribution >= 4 is 29.0 Å². The Kier molecular flexibility index (Phi) is 3.61. The zero-order chi connectivity index (χ0) is 12.3. The van der Waals surface area contributed by atoms with E-state index in [4.69, 9.17) is 11.7 Å². The maximum Gasteiger partial charge on any atom is 0.275 e. The summed E-state index contributed by atoms with van der Waals surface area (Å²) < 4.78 is 1.33. The summed E-state index contributed by atoms with van der Waals surface area (Å²) in [6.07, 6.45) is 1.42. The predicted octanol–water partition coefficient (Wildman–Crippen LogP) is -0.0508. The first-order chi connectivity index (χ1) is 8.22. The van der Waals surface area contributed by atoms with Gasteiger partial charge in [0.15, 0.2) is 0 Å². The fourth-order valence-electron chi connectivity index (χ4n) is 1.19. The highest BCUT2D eigenvalue weighted by Crippen LogP contribution is 2.25. The third-order valence-electron chi connectivity index (χ3n) is 1.98. The molecule has 0 saturated carbocycles. The Labute approximate surface area is 105 Å². The van der Waals surface area contributed by atoms with Gasteiger partial charge in [-0.05, 0) is 17.0 Å². The Balaban J connectivity index is 2.07. The number of thioether (sulfide) groups is 1. The maximum atomic E-state index is 11.4. The van der Waals surface area contributed by atoms with E-state index in [9.17, 15) is 4.79 Å². The minimum absolute atomic E-state index is 0.287. The molecule has 2 heterocycles. The van der Waals surface area contributed by atoms with Gasteiger partial charge in [0.2, 0.25) is 5.16 Å². The third kappa shape index (κ3) is 2.57. The molecule has 0 radical (unpaired) electrons. The highest BCUT2D eigenvalue weighted by atomic mass is 32.2. The first-order valence-electron chi connectivity index (χ1n) is 4.57. The maximum absolute atomic E-state index is 11.4. The Bertz CT molecular complexity index is 522. The second-order valence-corrected chi connectivity index (χ2v) is 4.92. The van der Waals surface area contributed by atoms with Crippen molar-refractivity contribution in [1.29, 1.82) is 0 Å². The second-order valence-electron chi connectivity index (χ2n) is 3.06. The van der Waals surface area contributed by atoms with Gasteiger partial charge in [0.05, 0.1) is 4.88 Å². The van der Waals surface area contributed by atoms with E-state index in [1.165, 1.54) is 34.1 Å². The smallest absolute Gasteiger partial charge is 0.275 e. The lowest BCUT2D eigenvalue weighted by Gasteiger charge is -2.02. The molecule has 2 aromatic heterocycles. The number of carbonyl (C=O) groups excluding carboxylic acids is 1. The summed E-state index contributed by atoms with van der Waals surface area (Å²) in [4.78, 5) is 12.0. The molecule has 0 saturated heterocycles. The summed E-state index contributed by atoms with van der Waals surface area (Å²) in [6.45, 7) is 0. The number of nitrogens with two attached hydrogens (primary N) is 2. The number of rotatable bonds is 4. The van der Waals surface area contributed by atoms with E-state index < -0.39 is 0 Å². The summed E-state index contributed by atoms with van der Waals surface area (Å²) in [7, 11) is 0.